The molecule has 2 aromatic carbocycles. The van der Waals surface area contributed by atoms with Gasteiger partial charge in [0.2, 0.25) is 0 Å². The van der Waals surface area contributed by atoms with Crippen molar-refractivity contribution in [3.63, 3.8) is 0 Å². The highest BCUT2D eigenvalue weighted by molar-refractivity contribution is 9.10. The van der Waals surface area contributed by atoms with Gasteiger partial charge in [-0.1, -0.05) is 11.6 Å². The van der Waals surface area contributed by atoms with Gasteiger partial charge in [0.25, 0.3) is 0 Å². The highest BCUT2D eigenvalue weighted by Gasteiger charge is 2.14. The van der Waals surface area contributed by atoms with Gasteiger partial charge in [-0.05, 0) is 46.3 Å². The Labute approximate surface area is 133 Å². The van der Waals surface area contributed by atoms with Crippen LogP contribution in [0.1, 0.15) is 5.82 Å². The van der Waals surface area contributed by atoms with E-state index >= 15 is 0 Å². The average Bonchev–Trinajstić information content (AvgIpc) is 2.76. The fourth-order valence-electron chi connectivity index (χ4n) is 2.12. The Morgan fingerprint density at radius 1 is 1.20 bits per heavy atom. The van der Waals surface area contributed by atoms with Crippen molar-refractivity contribution < 1.29 is 4.39 Å². The molecular weight excluding hydrogens is 366 g/mol. The van der Waals surface area contributed by atoms with Crippen molar-refractivity contribution in [2.45, 2.75) is 5.88 Å². The third kappa shape index (κ3) is 2.32. The van der Waals surface area contributed by atoms with E-state index < -0.39 is 0 Å². The summed E-state index contributed by atoms with van der Waals surface area (Å²) in [6.07, 6.45) is 0. The Bertz CT molecular complexity index is 801. The van der Waals surface area contributed by atoms with Crippen LogP contribution >= 0.6 is 39.1 Å². The van der Waals surface area contributed by atoms with Gasteiger partial charge in [0.05, 0.1) is 22.6 Å². The molecule has 0 radical (unpaired) electrons. The van der Waals surface area contributed by atoms with Gasteiger partial charge >= 0.3 is 0 Å². The molecule has 3 rings (SSSR count). The third-order valence-corrected chi connectivity index (χ3v) is 4.07. The molecule has 2 nitrogen and oxygen atoms in total. The summed E-state index contributed by atoms with van der Waals surface area (Å²) in [6.45, 7) is 0. The molecule has 0 aliphatic rings. The molecule has 0 atom stereocenters. The molecule has 0 amide bonds. The Morgan fingerprint density at radius 2 is 2.00 bits per heavy atom. The van der Waals surface area contributed by atoms with Crippen LogP contribution in [0.3, 0.4) is 0 Å². The number of halogens is 4. The maximum atomic E-state index is 13.3. The summed E-state index contributed by atoms with van der Waals surface area (Å²) in [5.74, 6) is 0.555. The number of rotatable bonds is 2. The van der Waals surface area contributed by atoms with Crippen LogP contribution in [0.25, 0.3) is 16.7 Å². The van der Waals surface area contributed by atoms with E-state index in [0.717, 1.165) is 15.7 Å². The van der Waals surface area contributed by atoms with Crippen LogP contribution in [0, 0.1) is 5.82 Å². The molecule has 0 N–H and O–H groups in total. The molecule has 102 valence electrons. The lowest BCUT2D eigenvalue weighted by Crippen LogP contribution is -2.00. The van der Waals surface area contributed by atoms with Crippen molar-refractivity contribution in [3.05, 3.63) is 57.5 Å². The van der Waals surface area contributed by atoms with Gasteiger partial charge in [-0.25, -0.2) is 9.37 Å². The van der Waals surface area contributed by atoms with Gasteiger partial charge in [0.15, 0.2) is 0 Å². The molecule has 3 aromatic rings. The fraction of sp³-hybridized carbons (Fsp3) is 0.0714. The van der Waals surface area contributed by atoms with E-state index in [1.54, 1.807) is 18.2 Å². The standard InChI is InChI=1S/C14H8BrCl2FN2/c15-10-5-8(17)1-3-12(10)20-13-4-2-9(18)6-11(13)19-14(20)7-16/h1-6H,7H2. The quantitative estimate of drug-likeness (QED) is 0.556. The highest BCUT2D eigenvalue weighted by Crippen LogP contribution is 2.30. The Balaban J connectivity index is 2.34. The van der Waals surface area contributed by atoms with Gasteiger partial charge in [0.1, 0.15) is 11.6 Å². The first-order valence-electron chi connectivity index (χ1n) is 5.78. The number of imidazole rings is 1. The van der Waals surface area contributed by atoms with E-state index in [-0.39, 0.29) is 11.7 Å². The van der Waals surface area contributed by atoms with Crippen LogP contribution in [0.5, 0.6) is 0 Å². The minimum atomic E-state index is -0.321. The van der Waals surface area contributed by atoms with Crippen molar-refractivity contribution in [2.24, 2.45) is 0 Å². The monoisotopic (exact) mass is 372 g/mol. The minimum absolute atomic E-state index is 0.228. The van der Waals surface area contributed by atoms with E-state index in [9.17, 15) is 4.39 Å². The summed E-state index contributed by atoms with van der Waals surface area (Å²) in [5.41, 5.74) is 2.23. The Hall–Kier alpha value is -1.10. The largest absolute Gasteiger partial charge is 0.294 e. The van der Waals surface area contributed by atoms with Crippen LogP contribution in [-0.4, -0.2) is 9.55 Å². The first-order chi connectivity index (χ1) is 9.60. The zero-order chi connectivity index (χ0) is 14.3. The molecular formula is C14H8BrCl2FN2. The summed E-state index contributed by atoms with van der Waals surface area (Å²) in [5, 5.41) is 0.628. The Kier molecular flexibility index (Phi) is 3.71. The normalized spacial score (nSPS) is 11.2. The summed E-state index contributed by atoms with van der Waals surface area (Å²) in [4.78, 5) is 4.37. The van der Waals surface area contributed by atoms with Crippen molar-refractivity contribution in [3.8, 4) is 5.69 Å². The average molecular weight is 374 g/mol. The predicted octanol–water partition coefficient (Wildman–Crippen LogP) is 5.32. The molecule has 0 unspecified atom stereocenters. The molecule has 0 aliphatic heterocycles. The van der Waals surface area contributed by atoms with E-state index in [2.05, 4.69) is 20.9 Å². The van der Waals surface area contributed by atoms with E-state index in [1.807, 2.05) is 10.6 Å². The third-order valence-electron chi connectivity index (χ3n) is 2.96. The van der Waals surface area contributed by atoms with Crippen molar-refractivity contribution in [1.29, 1.82) is 0 Å². The number of hydrogen-bond acceptors (Lipinski definition) is 1. The van der Waals surface area contributed by atoms with Crippen LogP contribution in [0.15, 0.2) is 40.9 Å². The van der Waals surface area contributed by atoms with Gasteiger partial charge in [-0.15, -0.1) is 11.6 Å². The van der Waals surface area contributed by atoms with Crippen LogP contribution < -0.4 is 0 Å². The lowest BCUT2D eigenvalue weighted by atomic mass is 10.2. The van der Waals surface area contributed by atoms with Gasteiger partial charge < -0.3 is 0 Å². The number of fused-ring (bicyclic) bond motifs is 1. The second-order valence-electron chi connectivity index (χ2n) is 4.23. The molecule has 0 spiro atoms. The lowest BCUT2D eigenvalue weighted by Gasteiger charge is -2.10. The summed E-state index contributed by atoms with van der Waals surface area (Å²) in [6, 6.07) is 9.94. The summed E-state index contributed by atoms with van der Waals surface area (Å²) < 4.78 is 16.0. The van der Waals surface area contributed by atoms with Gasteiger partial charge in [0, 0.05) is 15.6 Å². The van der Waals surface area contributed by atoms with E-state index in [1.165, 1.54) is 12.1 Å². The maximum Gasteiger partial charge on any atom is 0.129 e. The number of alkyl halides is 1. The molecule has 0 bridgehead atoms. The number of aromatic nitrogens is 2. The summed E-state index contributed by atoms with van der Waals surface area (Å²) >= 11 is 15.4. The number of hydrogen-bond donors (Lipinski definition) is 0. The molecule has 6 heteroatoms. The van der Waals surface area contributed by atoms with Gasteiger partial charge in [-0.3, -0.25) is 4.57 Å². The van der Waals surface area contributed by atoms with E-state index in [4.69, 9.17) is 23.2 Å². The van der Waals surface area contributed by atoms with Crippen LogP contribution in [0.4, 0.5) is 4.39 Å². The predicted molar refractivity (Wildman–Crippen MR) is 83.3 cm³/mol. The van der Waals surface area contributed by atoms with Crippen molar-refractivity contribution >= 4 is 50.2 Å². The highest BCUT2D eigenvalue weighted by atomic mass is 79.9. The smallest absolute Gasteiger partial charge is 0.129 e. The number of nitrogens with zero attached hydrogens (tertiary/aromatic N) is 2. The second kappa shape index (κ2) is 5.35. The molecule has 0 aliphatic carbocycles. The first kappa shape index (κ1) is 13.9. The van der Waals surface area contributed by atoms with Crippen molar-refractivity contribution in [1.82, 2.24) is 9.55 Å². The molecule has 0 saturated heterocycles. The minimum Gasteiger partial charge on any atom is -0.294 e. The van der Waals surface area contributed by atoms with Crippen LogP contribution in [0.2, 0.25) is 5.02 Å². The second-order valence-corrected chi connectivity index (χ2v) is 5.78. The fourth-order valence-corrected chi connectivity index (χ4v) is 3.16. The van der Waals surface area contributed by atoms with Crippen molar-refractivity contribution in [2.75, 3.05) is 0 Å². The topological polar surface area (TPSA) is 17.8 Å². The van der Waals surface area contributed by atoms with Crippen LogP contribution in [-0.2, 0) is 5.88 Å². The molecule has 0 saturated carbocycles. The zero-order valence-electron chi connectivity index (χ0n) is 10.1. The first-order valence-corrected chi connectivity index (χ1v) is 7.49. The maximum absolute atomic E-state index is 13.3. The van der Waals surface area contributed by atoms with E-state index in [0.29, 0.717) is 16.4 Å². The molecule has 1 heterocycles. The molecule has 1 aromatic heterocycles. The molecule has 20 heavy (non-hydrogen) atoms. The summed E-state index contributed by atoms with van der Waals surface area (Å²) in [7, 11) is 0. The Morgan fingerprint density at radius 3 is 2.70 bits per heavy atom. The number of benzene rings is 2. The lowest BCUT2D eigenvalue weighted by molar-refractivity contribution is 0.629. The molecule has 0 fully saturated rings. The zero-order valence-corrected chi connectivity index (χ0v) is 13.2. The van der Waals surface area contributed by atoms with Gasteiger partial charge in [-0.2, -0.15) is 0 Å². The SMILES string of the molecule is Fc1ccc2c(c1)nc(CCl)n2-c1ccc(Cl)cc1Br.